The van der Waals surface area contributed by atoms with Gasteiger partial charge in [0.25, 0.3) is 0 Å². The molecule has 0 saturated heterocycles. The summed E-state index contributed by atoms with van der Waals surface area (Å²) in [5, 5.41) is 0. The summed E-state index contributed by atoms with van der Waals surface area (Å²) in [4.78, 5) is 0. The average Bonchev–Trinajstić information content (AvgIpc) is 2.48. The summed E-state index contributed by atoms with van der Waals surface area (Å²) in [5.41, 5.74) is 0. The van der Waals surface area contributed by atoms with Crippen molar-refractivity contribution in [1.82, 2.24) is 0 Å². The highest BCUT2D eigenvalue weighted by Crippen LogP contribution is 2.30. The van der Waals surface area contributed by atoms with Gasteiger partial charge in [-0.25, -0.2) is 13.2 Å². The molecule has 22 heavy (non-hydrogen) atoms. The van der Waals surface area contributed by atoms with Gasteiger partial charge in [0, 0.05) is 0 Å². The van der Waals surface area contributed by atoms with Gasteiger partial charge in [0.2, 0.25) is 34.8 Å². The largest absolute Gasteiger partial charge is 0.501 e. The SMILES string of the molecule is O=S(=O)(Oc1ccccc1)Oc1c(F)c(F)c(F)c(F)c1F. The van der Waals surface area contributed by atoms with Crippen molar-refractivity contribution in [1.29, 1.82) is 0 Å². The number of hydrogen-bond acceptors (Lipinski definition) is 4. The third kappa shape index (κ3) is 3.11. The zero-order valence-electron chi connectivity index (χ0n) is 10.3. The van der Waals surface area contributed by atoms with Gasteiger partial charge in [-0.15, -0.1) is 8.42 Å². The standard InChI is InChI=1S/C12H5F5O4S/c13-7-8(14)10(16)12(11(17)9(7)15)21-22(18,19)20-6-4-2-1-3-5-6/h1-5H. The molecular formula is C12H5F5O4S. The number of halogens is 5. The summed E-state index contributed by atoms with van der Waals surface area (Å²) in [6.07, 6.45) is 0. The number of para-hydroxylation sites is 1. The van der Waals surface area contributed by atoms with Crippen LogP contribution in [-0.4, -0.2) is 8.42 Å². The van der Waals surface area contributed by atoms with Gasteiger partial charge in [-0.3, -0.25) is 0 Å². The monoisotopic (exact) mass is 340 g/mol. The number of hydrogen-bond donors (Lipinski definition) is 0. The van der Waals surface area contributed by atoms with E-state index in [1.165, 1.54) is 30.3 Å². The summed E-state index contributed by atoms with van der Waals surface area (Å²) < 4.78 is 96.4. The predicted octanol–water partition coefficient (Wildman–Crippen LogP) is 3.08. The molecule has 2 aromatic rings. The van der Waals surface area contributed by atoms with E-state index in [2.05, 4.69) is 8.37 Å². The van der Waals surface area contributed by atoms with E-state index in [1.807, 2.05) is 0 Å². The second-order valence-electron chi connectivity index (χ2n) is 3.79. The first-order valence-electron chi connectivity index (χ1n) is 5.43. The van der Waals surface area contributed by atoms with Crippen molar-refractivity contribution in [3.63, 3.8) is 0 Å². The van der Waals surface area contributed by atoms with Crippen molar-refractivity contribution in [2.75, 3.05) is 0 Å². The van der Waals surface area contributed by atoms with Gasteiger partial charge in [0.1, 0.15) is 5.75 Å². The molecule has 4 nitrogen and oxygen atoms in total. The van der Waals surface area contributed by atoms with Crippen LogP contribution in [0.15, 0.2) is 30.3 Å². The lowest BCUT2D eigenvalue weighted by molar-refractivity contribution is 0.329. The van der Waals surface area contributed by atoms with Crippen LogP contribution in [0.5, 0.6) is 11.5 Å². The van der Waals surface area contributed by atoms with Crippen LogP contribution in [0.25, 0.3) is 0 Å². The van der Waals surface area contributed by atoms with Gasteiger partial charge < -0.3 is 8.37 Å². The van der Waals surface area contributed by atoms with Crippen LogP contribution in [0, 0.1) is 29.1 Å². The Morgan fingerprint density at radius 3 is 1.64 bits per heavy atom. The van der Waals surface area contributed by atoms with E-state index in [0.29, 0.717) is 0 Å². The van der Waals surface area contributed by atoms with Crippen LogP contribution < -0.4 is 8.37 Å². The van der Waals surface area contributed by atoms with E-state index < -0.39 is 45.2 Å². The maximum absolute atomic E-state index is 13.3. The molecule has 0 N–H and O–H groups in total. The van der Waals surface area contributed by atoms with Crippen LogP contribution in [0.3, 0.4) is 0 Å². The van der Waals surface area contributed by atoms with Crippen LogP contribution in [0.4, 0.5) is 22.0 Å². The molecule has 0 bridgehead atoms. The summed E-state index contributed by atoms with van der Waals surface area (Å²) in [6.45, 7) is 0. The Labute approximate surface area is 121 Å². The van der Waals surface area contributed by atoms with Crippen LogP contribution in [0.2, 0.25) is 0 Å². The first-order valence-corrected chi connectivity index (χ1v) is 6.76. The fourth-order valence-electron chi connectivity index (χ4n) is 1.37. The van der Waals surface area contributed by atoms with Crippen LogP contribution in [0.1, 0.15) is 0 Å². The third-order valence-electron chi connectivity index (χ3n) is 2.30. The molecular weight excluding hydrogens is 335 g/mol. The Balaban J connectivity index is 2.39. The molecule has 0 unspecified atom stereocenters. The fraction of sp³-hybridized carbons (Fsp3) is 0. The summed E-state index contributed by atoms with van der Waals surface area (Å²) in [6, 6.07) is 6.61. The van der Waals surface area contributed by atoms with Gasteiger partial charge in [-0.2, -0.15) is 8.78 Å². The van der Waals surface area contributed by atoms with E-state index in [1.54, 1.807) is 0 Å². The molecule has 0 radical (unpaired) electrons. The van der Waals surface area contributed by atoms with E-state index in [9.17, 15) is 30.4 Å². The molecule has 0 heterocycles. The van der Waals surface area contributed by atoms with Crippen molar-refractivity contribution in [3.8, 4) is 11.5 Å². The summed E-state index contributed by atoms with van der Waals surface area (Å²) in [5.74, 6) is -14.3. The molecule has 2 rings (SSSR count). The van der Waals surface area contributed by atoms with Crippen molar-refractivity contribution >= 4 is 10.4 Å². The Bertz CT molecular complexity index is 779. The average molecular weight is 340 g/mol. The minimum absolute atomic E-state index is 0.286. The normalized spacial score (nSPS) is 11.3. The highest BCUT2D eigenvalue weighted by atomic mass is 32.3. The second-order valence-corrected chi connectivity index (χ2v) is 4.94. The smallest absolute Gasteiger partial charge is 0.353 e. The zero-order chi connectivity index (χ0) is 16.5. The van der Waals surface area contributed by atoms with E-state index in [-0.39, 0.29) is 5.75 Å². The summed E-state index contributed by atoms with van der Waals surface area (Å²) >= 11 is 0. The van der Waals surface area contributed by atoms with E-state index >= 15 is 0 Å². The Morgan fingerprint density at radius 2 is 1.14 bits per heavy atom. The molecule has 118 valence electrons. The molecule has 0 aliphatic rings. The Hall–Kier alpha value is -2.36. The molecule has 2 aromatic carbocycles. The molecule has 0 aliphatic carbocycles. The number of rotatable bonds is 4. The van der Waals surface area contributed by atoms with Crippen molar-refractivity contribution in [2.24, 2.45) is 0 Å². The molecule has 0 fully saturated rings. The maximum atomic E-state index is 13.3. The maximum Gasteiger partial charge on any atom is 0.501 e. The molecule has 0 aliphatic heterocycles. The fourth-order valence-corrected chi connectivity index (χ4v) is 2.10. The second kappa shape index (κ2) is 5.79. The van der Waals surface area contributed by atoms with Gasteiger partial charge in [-0.05, 0) is 12.1 Å². The molecule has 0 saturated carbocycles. The van der Waals surface area contributed by atoms with Crippen molar-refractivity contribution in [3.05, 3.63) is 59.4 Å². The van der Waals surface area contributed by atoms with Crippen LogP contribution in [-0.2, 0) is 10.4 Å². The Kier molecular flexibility index (Phi) is 4.22. The van der Waals surface area contributed by atoms with Crippen LogP contribution >= 0.6 is 0 Å². The topological polar surface area (TPSA) is 52.6 Å². The minimum atomic E-state index is -5.11. The first-order chi connectivity index (χ1) is 10.2. The lowest BCUT2D eigenvalue weighted by Crippen LogP contribution is -2.19. The third-order valence-corrected chi connectivity index (χ3v) is 3.06. The predicted molar refractivity (Wildman–Crippen MR) is 62.8 cm³/mol. The van der Waals surface area contributed by atoms with E-state index in [0.717, 1.165) is 0 Å². The molecule has 0 amide bonds. The zero-order valence-corrected chi connectivity index (χ0v) is 11.1. The Morgan fingerprint density at radius 1 is 0.682 bits per heavy atom. The molecule has 0 atom stereocenters. The lowest BCUT2D eigenvalue weighted by atomic mass is 10.3. The highest BCUT2D eigenvalue weighted by Gasteiger charge is 2.31. The molecule has 10 heteroatoms. The van der Waals surface area contributed by atoms with Crippen molar-refractivity contribution < 1.29 is 38.7 Å². The van der Waals surface area contributed by atoms with Crippen molar-refractivity contribution in [2.45, 2.75) is 0 Å². The quantitative estimate of drug-likeness (QED) is 0.488. The lowest BCUT2D eigenvalue weighted by Gasteiger charge is -2.10. The van der Waals surface area contributed by atoms with E-state index in [4.69, 9.17) is 0 Å². The van der Waals surface area contributed by atoms with Gasteiger partial charge in [0.15, 0.2) is 0 Å². The number of benzene rings is 2. The first kappa shape index (κ1) is 16.0. The van der Waals surface area contributed by atoms with Gasteiger partial charge in [-0.1, -0.05) is 18.2 Å². The van der Waals surface area contributed by atoms with Gasteiger partial charge >= 0.3 is 10.4 Å². The van der Waals surface area contributed by atoms with Gasteiger partial charge in [0.05, 0.1) is 0 Å². The highest BCUT2D eigenvalue weighted by molar-refractivity contribution is 7.82. The minimum Gasteiger partial charge on any atom is -0.353 e. The molecule has 0 spiro atoms. The molecule has 0 aromatic heterocycles. The summed E-state index contributed by atoms with van der Waals surface area (Å²) in [7, 11) is -5.11.